The summed E-state index contributed by atoms with van der Waals surface area (Å²) >= 11 is 6.09. The Bertz CT molecular complexity index is 1310. The average Bonchev–Trinajstić information content (AvgIpc) is 2.98. The van der Waals surface area contributed by atoms with Crippen LogP contribution in [-0.2, 0) is 0 Å². The molecule has 0 unspecified atom stereocenters. The maximum Gasteiger partial charge on any atom is 0.341 e. The van der Waals surface area contributed by atoms with Crippen LogP contribution in [0.3, 0.4) is 0 Å². The highest BCUT2D eigenvalue weighted by molar-refractivity contribution is 6.30. The van der Waals surface area contributed by atoms with Crippen molar-refractivity contribution in [3.05, 3.63) is 127 Å². The maximum atomic E-state index is 13.0. The van der Waals surface area contributed by atoms with Crippen LogP contribution in [0, 0.1) is 0 Å². The first-order valence-electron chi connectivity index (χ1n) is 9.42. The van der Waals surface area contributed by atoms with Crippen molar-refractivity contribution in [1.29, 1.82) is 0 Å². The van der Waals surface area contributed by atoms with Crippen molar-refractivity contribution in [3.63, 3.8) is 0 Å². The van der Waals surface area contributed by atoms with Gasteiger partial charge in [0.2, 0.25) is 0 Å². The molecule has 30 heavy (non-hydrogen) atoms. The Hall–Kier alpha value is -3.63. The Labute approximate surface area is 176 Å². The van der Waals surface area contributed by atoms with Gasteiger partial charge in [0.1, 0.15) is 11.5 Å². The highest BCUT2D eigenvalue weighted by Crippen LogP contribution is 2.40. The lowest BCUT2D eigenvalue weighted by Gasteiger charge is -2.15. The molecule has 0 spiro atoms. The van der Waals surface area contributed by atoms with Crippen LogP contribution in [0.1, 0.15) is 22.6 Å². The number of benzene rings is 1. The third kappa shape index (κ3) is 3.02. The molecule has 0 aromatic heterocycles. The fourth-order valence-corrected chi connectivity index (χ4v) is 4.02. The van der Waals surface area contributed by atoms with E-state index in [0.29, 0.717) is 38.8 Å². The largest absolute Gasteiger partial charge is 0.422 e. The molecule has 0 bridgehead atoms. The first-order chi connectivity index (χ1) is 14.6. The average molecular weight is 415 g/mol. The normalized spacial score (nSPS) is 11.4. The van der Waals surface area contributed by atoms with Crippen LogP contribution >= 0.6 is 11.6 Å². The molecular formula is C25H15ClO4. The third-order valence-corrected chi connectivity index (χ3v) is 5.45. The Kier molecular flexibility index (Phi) is 4.49. The van der Waals surface area contributed by atoms with Gasteiger partial charge in [-0.15, -0.1) is 0 Å². The zero-order chi connectivity index (χ0) is 20.7. The molecule has 0 atom stereocenters. The van der Waals surface area contributed by atoms with Crippen LogP contribution in [0.5, 0.6) is 0 Å². The molecule has 5 rings (SSSR count). The van der Waals surface area contributed by atoms with Crippen LogP contribution in [0.2, 0.25) is 5.02 Å². The summed E-state index contributed by atoms with van der Waals surface area (Å²) < 4.78 is 11.1. The molecule has 0 amide bonds. The van der Waals surface area contributed by atoms with Gasteiger partial charge in [0.25, 0.3) is 0 Å². The second kappa shape index (κ2) is 7.32. The summed E-state index contributed by atoms with van der Waals surface area (Å²) in [6.45, 7) is 0. The molecule has 146 valence electrons. The van der Waals surface area contributed by atoms with E-state index in [1.807, 2.05) is 48.5 Å². The van der Waals surface area contributed by atoms with E-state index in [1.165, 1.54) is 0 Å². The highest BCUT2D eigenvalue weighted by atomic mass is 35.5. The van der Waals surface area contributed by atoms with Gasteiger partial charge < -0.3 is 8.83 Å². The highest BCUT2D eigenvalue weighted by Gasteiger charge is 2.33. The summed E-state index contributed by atoms with van der Waals surface area (Å²) in [6.07, 6.45) is 0. The molecule has 1 aromatic rings. The number of fused-ring (bicyclic) bond motifs is 2. The molecule has 0 saturated carbocycles. The van der Waals surface area contributed by atoms with E-state index in [-0.39, 0.29) is 0 Å². The monoisotopic (exact) mass is 414 g/mol. The first kappa shape index (κ1) is 18.4. The van der Waals surface area contributed by atoms with Gasteiger partial charge in [-0.25, -0.2) is 9.59 Å². The molecule has 0 N–H and O–H groups in total. The van der Waals surface area contributed by atoms with Gasteiger partial charge in [0, 0.05) is 22.1 Å². The fraction of sp³-hybridized carbons (Fsp3) is 0.0400. The molecule has 0 fully saturated rings. The number of furan rings is 2. The van der Waals surface area contributed by atoms with E-state index in [9.17, 15) is 9.59 Å². The molecule has 2 aliphatic carbocycles. The lowest BCUT2D eigenvalue weighted by atomic mass is 9.83. The third-order valence-electron chi connectivity index (χ3n) is 5.20. The SMILES string of the molecule is O=c1oc2cccccc-2c1C(c1ccc(Cl)cc1)c1c2cccccc-2oc1=O. The van der Waals surface area contributed by atoms with E-state index >= 15 is 0 Å². The zero-order valence-corrected chi connectivity index (χ0v) is 16.4. The fourth-order valence-electron chi connectivity index (χ4n) is 3.89. The molecule has 0 radical (unpaired) electrons. The minimum Gasteiger partial charge on any atom is -0.422 e. The van der Waals surface area contributed by atoms with E-state index in [4.69, 9.17) is 20.4 Å². The molecule has 4 nitrogen and oxygen atoms in total. The summed E-state index contributed by atoms with van der Waals surface area (Å²) in [4.78, 5) is 26.0. The second-order valence-electron chi connectivity index (χ2n) is 6.97. The van der Waals surface area contributed by atoms with Crippen molar-refractivity contribution in [2.75, 3.05) is 0 Å². The quantitative estimate of drug-likeness (QED) is 0.383. The summed E-state index contributed by atoms with van der Waals surface area (Å²) in [5.74, 6) is 0.254. The molecule has 2 heterocycles. The number of hydrogen-bond acceptors (Lipinski definition) is 4. The first-order valence-corrected chi connectivity index (χ1v) is 9.80. The van der Waals surface area contributed by atoms with Crippen molar-refractivity contribution in [1.82, 2.24) is 0 Å². The van der Waals surface area contributed by atoms with Crippen molar-refractivity contribution in [2.24, 2.45) is 0 Å². The number of rotatable bonds is 3. The molecule has 5 heteroatoms. The Morgan fingerprint density at radius 3 is 1.57 bits per heavy atom. The molecular weight excluding hydrogens is 400 g/mol. The summed E-state index contributed by atoms with van der Waals surface area (Å²) in [7, 11) is 0. The Balaban J connectivity index is 1.86. The lowest BCUT2D eigenvalue weighted by Crippen LogP contribution is -2.17. The number of hydrogen-bond donors (Lipinski definition) is 0. The standard InChI is InChI=1S/C25H15ClO4/c26-16-13-11-15(12-14-16)21(22-17-7-3-1-5-9-19(17)29-24(22)27)23-18-8-4-2-6-10-20(18)30-25(23)28/h1-14,21H. The van der Waals surface area contributed by atoms with E-state index in [0.717, 1.165) is 5.56 Å². The van der Waals surface area contributed by atoms with Crippen LogP contribution < -0.4 is 11.3 Å². The topological polar surface area (TPSA) is 60.4 Å². The van der Waals surface area contributed by atoms with Gasteiger partial charge in [-0.05, 0) is 29.8 Å². The summed E-state index contributed by atoms with van der Waals surface area (Å²) in [6, 6.07) is 25.2. The number of halogens is 1. The predicted molar refractivity (Wildman–Crippen MR) is 116 cm³/mol. The van der Waals surface area contributed by atoms with Crippen LogP contribution in [0.25, 0.3) is 22.6 Å². The minimum atomic E-state index is -0.672. The van der Waals surface area contributed by atoms with E-state index in [2.05, 4.69) is 0 Å². The zero-order valence-electron chi connectivity index (χ0n) is 15.7. The van der Waals surface area contributed by atoms with E-state index in [1.54, 1.807) is 36.4 Å². The van der Waals surface area contributed by atoms with Crippen LogP contribution in [0.4, 0.5) is 0 Å². The van der Waals surface area contributed by atoms with Gasteiger partial charge in [-0.3, -0.25) is 0 Å². The van der Waals surface area contributed by atoms with Crippen LogP contribution in [0.15, 0.2) is 103 Å². The lowest BCUT2D eigenvalue weighted by molar-refractivity contribution is 0.533. The Morgan fingerprint density at radius 2 is 1.07 bits per heavy atom. The van der Waals surface area contributed by atoms with Gasteiger partial charge in [-0.2, -0.15) is 0 Å². The van der Waals surface area contributed by atoms with Crippen molar-refractivity contribution in [2.45, 2.75) is 5.92 Å². The molecule has 1 aromatic carbocycles. The summed E-state index contributed by atoms with van der Waals surface area (Å²) in [5, 5.41) is 0.564. The molecule has 2 aliphatic heterocycles. The summed E-state index contributed by atoms with van der Waals surface area (Å²) in [5.41, 5.74) is 1.88. The van der Waals surface area contributed by atoms with Gasteiger partial charge in [0.05, 0.1) is 11.1 Å². The van der Waals surface area contributed by atoms with Crippen LogP contribution in [-0.4, -0.2) is 0 Å². The van der Waals surface area contributed by atoms with E-state index < -0.39 is 17.2 Å². The Morgan fingerprint density at radius 1 is 0.600 bits per heavy atom. The predicted octanol–water partition coefficient (Wildman–Crippen LogP) is 5.64. The second-order valence-corrected chi connectivity index (χ2v) is 7.40. The van der Waals surface area contributed by atoms with Crippen molar-refractivity contribution < 1.29 is 8.83 Å². The van der Waals surface area contributed by atoms with Crippen molar-refractivity contribution >= 4 is 11.6 Å². The minimum absolute atomic E-state index is 0.398. The van der Waals surface area contributed by atoms with Gasteiger partial charge in [-0.1, -0.05) is 72.3 Å². The van der Waals surface area contributed by atoms with Gasteiger partial charge >= 0.3 is 11.3 Å². The molecule has 4 aliphatic rings. The molecule has 0 saturated heterocycles. The van der Waals surface area contributed by atoms with Gasteiger partial charge in [0.15, 0.2) is 0 Å². The smallest absolute Gasteiger partial charge is 0.341 e. The maximum absolute atomic E-state index is 13.0. The van der Waals surface area contributed by atoms with Crippen molar-refractivity contribution in [3.8, 4) is 22.6 Å².